The minimum atomic E-state index is -0.0343. The molecular formula is C27H23N5O. The standard InChI is InChI=1S/C27H23N5O/c1-18-14-27(33)32(19(2)29-18)17-20-8-10-22(11-9-20)25-15-23(21-6-4-3-5-7-21)12-13-24(25)26-16-28-31-30-26/h3-16H,17H2,1-2H3,(H,28,30,31). The van der Waals surface area contributed by atoms with Gasteiger partial charge in [-0.05, 0) is 47.7 Å². The van der Waals surface area contributed by atoms with Crippen LogP contribution in [0.2, 0.25) is 0 Å². The molecule has 33 heavy (non-hydrogen) atoms. The van der Waals surface area contributed by atoms with E-state index in [1.54, 1.807) is 16.8 Å². The van der Waals surface area contributed by atoms with Crippen LogP contribution in [0, 0.1) is 13.8 Å². The summed E-state index contributed by atoms with van der Waals surface area (Å²) in [7, 11) is 0. The second-order valence-corrected chi connectivity index (χ2v) is 8.05. The molecule has 6 heteroatoms. The van der Waals surface area contributed by atoms with Crippen LogP contribution in [0.1, 0.15) is 17.1 Å². The van der Waals surface area contributed by atoms with Gasteiger partial charge < -0.3 is 0 Å². The average molecular weight is 434 g/mol. The van der Waals surface area contributed by atoms with Crippen molar-refractivity contribution in [3.63, 3.8) is 0 Å². The van der Waals surface area contributed by atoms with Crippen LogP contribution in [-0.4, -0.2) is 25.0 Å². The second kappa shape index (κ2) is 8.67. The fourth-order valence-corrected chi connectivity index (χ4v) is 4.08. The zero-order valence-corrected chi connectivity index (χ0v) is 18.5. The highest BCUT2D eigenvalue weighted by Gasteiger charge is 2.12. The Morgan fingerprint density at radius 2 is 1.58 bits per heavy atom. The molecule has 2 heterocycles. The summed E-state index contributed by atoms with van der Waals surface area (Å²) >= 11 is 0. The lowest BCUT2D eigenvalue weighted by Gasteiger charge is -2.13. The van der Waals surface area contributed by atoms with Crippen LogP contribution in [0.15, 0.2) is 89.9 Å². The summed E-state index contributed by atoms with van der Waals surface area (Å²) in [6.45, 7) is 4.18. The number of aryl methyl sites for hydroxylation is 2. The summed E-state index contributed by atoms with van der Waals surface area (Å²) in [4.78, 5) is 16.8. The van der Waals surface area contributed by atoms with Gasteiger partial charge in [0.05, 0.1) is 12.7 Å². The monoisotopic (exact) mass is 433 g/mol. The fourth-order valence-electron chi connectivity index (χ4n) is 4.08. The maximum absolute atomic E-state index is 12.4. The van der Waals surface area contributed by atoms with Crippen molar-refractivity contribution >= 4 is 0 Å². The third-order valence-electron chi connectivity index (χ3n) is 5.75. The van der Waals surface area contributed by atoms with Gasteiger partial charge in [-0.1, -0.05) is 66.7 Å². The summed E-state index contributed by atoms with van der Waals surface area (Å²) in [5.41, 5.74) is 7.97. The highest BCUT2D eigenvalue weighted by atomic mass is 16.1. The van der Waals surface area contributed by atoms with Crippen molar-refractivity contribution < 1.29 is 0 Å². The number of aromatic nitrogens is 5. The number of nitrogens with zero attached hydrogens (tertiary/aromatic N) is 4. The Hall–Kier alpha value is -4.32. The molecule has 5 rings (SSSR count). The van der Waals surface area contributed by atoms with Gasteiger partial charge >= 0.3 is 0 Å². The molecule has 0 bridgehead atoms. The molecule has 2 aromatic heterocycles. The molecule has 0 aliphatic heterocycles. The lowest BCUT2D eigenvalue weighted by molar-refractivity contribution is 0.694. The van der Waals surface area contributed by atoms with Gasteiger partial charge in [0.25, 0.3) is 5.56 Å². The third-order valence-corrected chi connectivity index (χ3v) is 5.75. The number of H-pyrrole nitrogens is 1. The number of rotatable bonds is 5. The topological polar surface area (TPSA) is 76.5 Å². The van der Waals surface area contributed by atoms with Gasteiger partial charge in [0.2, 0.25) is 0 Å². The molecule has 0 spiro atoms. The summed E-state index contributed by atoms with van der Waals surface area (Å²) in [5.74, 6) is 0.716. The largest absolute Gasteiger partial charge is 0.292 e. The highest BCUT2D eigenvalue weighted by Crippen LogP contribution is 2.34. The van der Waals surface area contributed by atoms with E-state index in [0.29, 0.717) is 12.4 Å². The van der Waals surface area contributed by atoms with Gasteiger partial charge in [0.15, 0.2) is 0 Å². The Bertz CT molecular complexity index is 1450. The lowest BCUT2D eigenvalue weighted by atomic mass is 9.93. The molecule has 0 radical (unpaired) electrons. The molecular weight excluding hydrogens is 410 g/mol. The average Bonchev–Trinajstić information content (AvgIpc) is 3.37. The smallest absolute Gasteiger partial charge is 0.254 e. The number of aromatic amines is 1. The Labute approximate surface area is 191 Å². The van der Waals surface area contributed by atoms with Crippen molar-refractivity contribution in [2.45, 2.75) is 20.4 Å². The van der Waals surface area contributed by atoms with Crippen LogP contribution in [0.25, 0.3) is 33.5 Å². The van der Waals surface area contributed by atoms with E-state index in [1.165, 1.54) is 0 Å². The fraction of sp³-hybridized carbons (Fsp3) is 0.111. The maximum Gasteiger partial charge on any atom is 0.254 e. The molecule has 6 nitrogen and oxygen atoms in total. The van der Waals surface area contributed by atoms with Crippen LogP contribution in [0.4, 0.5) is 0 Å². The SMILES string of the molecule is Cc1cc(=O)n(Cc2ccc(-c3cc(-c4ccccc4)ccc3-c3cn[nH]n3)cc2)c(C)n1. The van der Waals surface area contributed by atoms with Crippen LogP contribution < -0.4 is 5.56 Å². The third kappa shape index (κ3) is 4.23. The van der Waals surface area contributed by atoms with E-state index in [4.69, 9.17) is 0 Å². The Morgan fingerprint density at radius 1 is 0.818 bits per heavy atom. The van der Waals surface area contributed by atoms with E-state index in [0.717, 1.165) is 44.8 Å². The van der Waals surface area contributed by atoms with Crippen LogP contribution >= 0.6 is 0 Å². The van der Waals surface area contributed by atoms with E-state index in [2.05, 4.69) is 75.0 Å². The molecule has 0 saturated heterocycles. The normalized spacial score (nSPS) is 11.0. The molecule has 5 aromatic rings. The molecule has 0 amide bonds. The van der Waals surface area contributed by atoms with E-state index >= 15 is 0 Å². The quantitative estimate of drug-likeness (QED) is 0.422. The Balaban J connectivity index is 1.54. The van der Waals surface area contributed by atoms with Gasteiger partial charge in [0.1, 0.15) is 11.5 Å². The molecule has 0 atom stereocenters. The van der Waals surface area contributed by atoms with Crippen molar-refractivity contribution in [2.75, 3.05) is 0 Å². The zero-order valence-electron chi connectivity index (χ0n) is 18.5. The minimum Gasteiger partial charge on any atom is -0.292 e. The van der Waals surface area contributed by atoms with E-state index in [9.17, 15) is 4.79 Å². The first-order chi connectivity index (χ1) is 16.1. The van der Waals surface area contributed by atoms with Crippen molar-refractivity contribution in [1.29, 1.82) is 0 Å². The zero-order chi connectivity index (χ0) is 22.8. The Kier molecular flexibility index (Phi) is 5.40. The number of nitrogens with one attached hydrogen (secondary N) is 1. The molecule has 162 valence electrons. The van der Waals surface area contributed by atoms with E-state index < -0.39 is 0 Å². The lowest BCUT2D eigenvalue weighted by Crippen LogP contribution is -2.24. The predicted molar refractivity (Wildman–Crippen MR) is 130 cm³/mol. The van der Waals surface area contributed by atoms with Crippen molar-refractivity contribution in [3.8, 4) is 33.5 Å². The van der Waals surface area contributed by atoms with Crippen LogP contribution in [-0.2, 0) is 6.54 Å². The number of hydrogen-bond acceptors (Lipinski definition) is 4. The molecule has 1 N–H and O–H groups in total. The van der Waals surface area contributed by atoms with Gasteiger partial charge in [-0.2, -0.15) is 15.4 Å². The second-order valence-electron chi connectivity index (χ2n) is 8.05. The van der Waals surface area contributed by atoms with Gasteiger partial charge in [-0.25, -0.2) is 4.98 Å². The minimum absolute atomic E-state index is 0.0343. The number of hydrogen-bond donors (Lipinski definition) is 1. The maximum atomic E-state index is 12.4. The molecule has 0 fully saturated rings. The first-order valence-corrected chi connectivity index (χ1v) is 10.8. The summed E-state index contributed by atoms with van der Waals surface area (Å²) in [5, 5.41) is 11.0. The Morgan fingerprint density at radius 3 is 2.27 bits per heavy atom. The summed E-state index contributed by atoms with van der Waals surface area (Å²) < 4.78 is 1.69. The molecule has 0 unspecified atom stereocenters. The van der Waals surface area contributed by atoms with Crippen molar-refractivity contribution in [3.05, 3.63) is 112 Å². The first-order valence-electron chi connectivity index (χ1n) is 10.8. The first kappa shape index (κ1) is 20.6. The number of benzene rings is 3. The molecule has 0 aliphatic rings. The highest BCUT2D eigenvalue weighted by molar-refractivity contribution is 5.85. The molecule has 0 saturated carbocycles. The van der Waals surface area contributed by atoms with E-state index in [1.807, 2.05) is 32.0 Å². The van der Waals surface area contributed by atoms with Crippen LogP contribution in [0.5, 0.6) is 0 Å². The van der Waals surface area contributed by atoms with Gasteiger partial charge in [0, 0.05) is 17.3 Å². The molecule has 0 aliphatic carbocycles. The summed E-state index contributed by atoms with van der Waals surface area (Å²) in [6.07, 6.45) is 1.73. The van der Waals surface area contributed by atoms with Crippen molar-refractivity contribution in [1.82, 2.24) is 25.0 Å². The summed E-state index contributed by atoms with van der Waals surface area (Å²) in [6, 6.07) is 26.6. The predicted octanol–water partition coefficient (Wildman–Crippen LogP) is 5.03. The van der Waals surface area contributed by atoms with Gasteiger partial charge in [-0.3, -0.25) is 9.36 Å². The van der Waals surface area contributed by atoms with Crippen LogP contribution in [0.3, 0.4) is 0 Å². The van der Waals surface area contributed by atoms with E-state index in [-0.39, 0.29) is 5.56 Å². The van der Waals surface area contributed by atoms with Crippen molar-refractivity contribution in [2.24, 2.45) is 0 Å². The molecule has 3 aromatic carbocycles. The van der Waals surface area contributed by atoms with Gasteiger partial charge in [-0.15, -0.1) is 0 Å².